The molecule has 6 rings (SSSR count). The van der Waals surface area contributed by atoms with E-state index >= 15 is 0 Å². The van der Waals surface area contributed by atoms with Crippen molar-refractivity contribution >= 4 is 11.7 Å². The molecule has 1 amide bonds. The lowest BCUT2D eigenvalue weighted by molar-refractivity contribution is 0.0936. The number of pyridine rings is 1. The van der Waals surface area contributed by atoms with E-state index in [0.717, 1.165) is 24.2 Å². The smallest absolute Gasteiger partial charge is 0.265 e. The molecule has 1 unspecified atom stereocenters. The highest BCUT2D eigenvalue weighted by Gasteiger charge is 2.29. The maximum absolute atomic E-state index is 13.5. The predicted octanol–water partition coefficient (Wildman–Crippen LogP) is 3.74. The Labute approximate surface area is 202 Å². The molecule has 0 radical (unpaired) electrons. The topological polar surface area (TPSA) is 100 Å². The van der Waals surface area contributed by atoms with Gasteiger partial charge in [-0.25, -0.2) is 4.98 Å². The van der Waals surface area contributed by atoms with Crippen LogP contribution in [0.4, 0.5) is 5.82 Å². The first-order chi connectivity index (χ1) is 17.1. The summed E-state index contributed by atoms with van der Waals surface area (Å²) in [6, 6.07) is 11.6. The Balaban J connectivity index is 1.30. The minimum atomic E-state index is -0.167. The molecule has 1 saturated heterocycles. The summed E-state index contributed by atoms with van der Waals surface area (Å²) in [5.74, 6) is 1.54. The van der Waals surface area contributed by atoms with Gasteiger partial charge in [0.25, 0.3) is 5.91 Å². The van der Waals surface area contributed by atoms with Gasteiger partial charge in [-0.3, -0.25) is 14.4 Å². The average Bonchev–Trinajstić information content (AvgIpc) is 3.65. The van der Waals surface area contributed by atoms with Crippen molar-refractivity contribution in [2.45, 2.75) is 32.4 Å². The Kier molecular flexibility index (Phi) is 5.29. The fourth-order valence-corrected chi connectivity index (χ4v) is 4.43. The number of nitrogens with zero attached hydrogens (tertiary/aromatic N) is 7. The van der Waals surface area contributed by atoms with Crippen LogP contribution in [0.25, 0.3) is 22.6 Å². The number of hydrogen-bond acceptors (Lipinski definition) is 7. The van der Waals surface area contributed by atoms with Gasteiger partial charge in [0, 0.05) is 24.4 Å². The Morgan fingerprint density at radius 1 is 1.14 bits per heavy atom. The van der Waals surface area contributed by atoms with E-state index in [0.29, 0.717) is 35.3 Å². The SMILES string of the molecule is CC(C)n1cnnc1-c1cccc(N2COc3ccc(-c4cnn(C5CCOC5)c4)cc3C2=O)n1. The molecule has 10 heteroatoms. The van der Waals surface area contributed by atoms with Crippen LogP contribution < -0.4 is 9.64 Å². The maximum Gasteiger partial charge on any atom is 0.265 e. The van der Waals surface area contributed by atoms with Gasteiger partial charge in [-0.2, -0.15) is 5.10 Å². The first kappa shape index (κ1) is 21.5. The molecular formula is C25H25N7O3. The molecule has 0 aliphatic carbocycles. The number of ether oxygens (including phenoxy) is 2. The molecule has 1 aromatic carbocycles. The van der Waals surface area contributed by atoms with Crippen LogP contribution >= 0.6 is 0 Å². The van der Waals surface area contributed by atoms with Crippen molar-refractivity contribution in [3.63, 3.8) is 0 Å². The van der Waals surface area contributed by atoms with Crippen LogP contribution in [-0.4, -0.2) is 55.4 Å². The van der Waals surface area contributed by atoms with Gasteiger partial charge in [0.15, 0.2) is 12.6 Å². The molecule has 0 saturated carbocycles. The van der Waals surface area contributed by atoms with E-state index in [1.807, 2.05) is 52.0 Å². The largest absolute Gasteiger partial charge is 0.472 e. The van der Waals surface area contributed by atoms with Gasteiger partial charge in [-0.1, -0.05) is 12.1 Å². The molecule has 0 N–H and O–H groups in total. The highest BCUT2D eigenvalue weighted by Crippen LogP contribution is 2.33. The van der Waals surface area contributed by atoms with Crippen molar-refractivity contribution in [3.8, 4) is 28.4 Å². The third-order valence-electron chi connectivity index (χ3n) is 6.39. The van der Waals surface area contributed by atoms with Gasteiger partial charge in [-0.05, 0) is 50.1 Å². The molecule has 1 atom stereocenters. The molecule has 35 heavy (non-hydrogen) atoms. The molecule has 5 heterocycles. The Morgan fingerprint density at radius 3 is 2.89 bits per heavy atom. The van der Waals surface area contributed by atoms with E-state index in [1.54, 1.807) is 12.4 Å². The van der Waals surface area contributed by atoms with Crippen molar-refractivity contribution in [2.24, 2.45) is 0 Å². The average molecular weight is 472 g/mol. The Morgan fingerprint density at radius 2 is 2.06 bits per heavy atom. The number of carbonyl (C=O) groups is 1. The number of amides is 1. The van der Waals surface area contributed by atoms with Gasteiger partial charge in [0.05, 0.1) is 24.4 Å². The molecule has 2 aliphatic rings. The zero-order chi connectivity index (χ0) is 23.9. The summed E-state index contributed by atoms with van der Waals surface area (Å²) in [7, 11) is 0. The van der Waals surface area contributed by atoms with Gasteiger partial charge >= 0.3 is 0 Å². The number of fused-ring (bicyclic) bond motifs is 1. The van der Waals surface area contributed by atoms with Gasteiger partial charge < -0.3 is 14.0 Å². The van der Waals surface area contributed by atoms with Crippen LogP contribution in [0.3, 0.4) is 0 Å². The molecule has 178 valence electrons. The van der Waals surface area contributed by atoms with Crippen LogP contribution in [0.15, 0.2) is 55.1 Å². The first-order valence-corrected chi connectivity index (χ1v) is 11.7. The van der Waals surface area contributed by atoms with Gasteiger partial charge in [-0.15, -0.1) is 10.2 Å². The van der Waals surface area contributed by atoms with Gasteiger partial charge in [0.2, 0.25) is 0 Å². The lowest BCUT2D eigenvalue weighted by Crippen LogP contribution is -2.39. The number of aromatic nitrogens is 6. The van der Waals surface area contributed by atoms with E-state index in [1.165, 1.54) is 4.90 Å². The van der Waals surface area contributed by atoms with E-state index in [4.69, 9.17) is 14.5 Å². The Hall–Kier alpha value is -4.05. The zero-order valence-corrected chi connectivity index (χ0v) is 19.5. The quantitative estimate of drug-likeness (QED) is 0.437. The summed E-state index contributed by atoms with van der Waals surface area (Å²) in [6.07, 6.45) is 6.46. The van der Waals surface area contributed by atoms with E-state index in [-0.39, 0.29) is 24.7 Å². The van der Waals surface area contributed by atoms with Crippen molar-refractivity contribution in [3.05, 3.63) is 60.7 Å². The molecule has 4 aromatic rings. The summed E-state index contributed by atoms with van der Waals surface area (Å²) in [6.45, 7) is 5.62. The molecule has 0 spiro atoms. The molecule has 3 aromatic heterocycles. The molecule has 0 bridgehead atoms. The molecule has 2 aliphatic heterocycles. The highest BCUT2D eigenvalue weighted by atomic mass is 16.5. The summed E-state index contributed by atoms with van der Waals surface area (Å²) in [5.41, 5.74) is 2.98. The Bertz CT molecular complexity index is 1390. The standard InChI is InChI=1S/C25H25N7O3/c1-16(2)30-14-26-29-24(30)21-4-3-5-23(28-21)31-15-35-22-7-6-17(10-20(22)25(31)33)18-11-27-32(12-18)19-8-9-34-13-19/h3-7,10-12,14,16,19H,8-9,13,15H2,1-2H3. The number of anilines is 1. The third-order valence-corrected chi connectivity index (χ3v) is 6.39. The summed E-state index contributed by atoms with van der Waals surface area (Å²) in [5, 5.41) is 12.8. The molecule has 1 fully saturated rings. The van der Waals surface area contributed by atoms with Crippen molar-refractivity contribution in [1.82, 2.24) is 29.5 Å². The second-order valence-corrected chi connectivity index (χ2v) is 8.98. The number of hydrogen-bond donors (Lipinski definition) is 0. The predicted molar refractivity (Wildman–Crippen MR) is 128 cm³/mol. The minimum absolute atomic E-state index is 0.0815. The van der Waals surface area contributed by atoms with Crippen LogP contribution in [0, 0.1) is 0 Å². The normalized spacial score (nSPS) is 17.6. The minimum Gasteiger partial charge on any atom is -0.472 e. The fraction of sp³-hybridized carbons (Fsp3) is 0.320. The van der Waals surface area contributed by atoms with Crippen molar-refractivity contribution in [1.29, 1.82) is 0 Å². The van der Waals surface area contributed by atoms with E-state index < -0.39 is 0 Å². The van der Waals surface area contributed by atoms with Crippen LogP contribution in [0.2, 0.25) is 0 Å². The van der Waals surface area contributed by atoms with Gasteiger partial charge in [0.1, 0.15) is 23.6 Å². The van der Waals surface area contributed by atoms with Crippen LogP contribution in [-0.2, 0) is 4.74 Å². The second kappa shape index (κ2) is 8.62. The maximum atomic E-state index is 13.5. The third kappa shape index (κ3) is 3.85. The highest BCUT2D eigenvalue weighted by molar-refractivity contribution is 6.09. The van der Waals surface area contributed by atoms with Crippen molar-refractivity contribution < 1.29 is 14.3 Å². The van der Waals surface area contributed by atoms with Crippen LogP contribution in [0.5, 0.6) is 5.75 Å². The lowest BCUT2D eigenvalue weighted by atomic mass is 10.0. The monoisotopic (exact) mass is 471 g/mol. The lowest BCUT2D eigenvalue weighted by Gasteiger charge is -2.28. The summed E-state index contributed by atoms with van der Waals surface area (Å²) >= 11 is 0. The number of carbonyl (C=O) groups excluding carboxylic acids is 1. The van der Waals surface area contributed by atoms with E-state index in [9.17, 15) is 4.79 Å². The number of benzene rings is 1. The van der Waals surface area contributed by atoms with E-state index in [2.05, 4.69) is 29.1 Å². The first-order valence-electron chi connectivity index (χ1n) is 11.7. The summed E-state index contributed by atoms with van der Waals surface area (Å²) < 4.78 is 15.3. The van der Waals surface area contributed by atoms with Crippen LogP contribution in [0.1, 0.15) is 42.7 Å². The summed E-state index contributed by atoms with van der Waals surface area (Å²) in [4.78, 5) is 19.8. The molecular weight excluding hydrogens is 446 g/mol. The second-order valence-electron chi connectivity index (χ2n) is 8.98. The zero-order valence-electron chi connectivity index (χ0n) is 19.5. The fourth-order valence-electron chi connectivity index (χ4n) is 4.43. The van der Waals surface area contributed by atoms with Crippen molar-refractivity contribution in [2.75, 3.05) is 24.8 Å². The molecule has 10 nitrogen and oxygen atoms in total. The number of rotatable bonds is 5.